The van der Waals surface area contributed by atoms with Gasteiger partial charge in [0.2, 0.25) is 0 Å². The van der Waals surface area contributed by atoms with Gasteiger partial charge in [0.05, 0.1) is 6.10 Å². The van der Waals surface area contributed by atoms with Gasteiger partial charge in [-0.2, -0.15) is 0 Å². The van der Waals surface area contributed by atoms with Crippen molar-refractivity contribution in [1.82, 2.24) is 5.32 Å². The Labute approximate surface area is 55.3 Å². The van der Waals surface area contributed by atoms with Gasteiger partial charge in [0.1, 0.15) is 0 Å². The fraction of sp³-hybridized carbons (Fsp3) is 1.00. The summed E-state index contributed by atoms with van der Waals surface area (Å²) in [5.74, 6) is 0. The Morgan fingerprint density at radius 2 is 2.33 bits per heavy atom. The molecular weight excluding hydrogens is 114 g/mol. The van der Waals surface area contributed by atoms with Gasteiger partial charge in [-0.1, -0.05) is 0 Å². The molecule has 0 aromatic rings. The summed E-state index contributed by atoms with van der Waals surface area (Å²) in [7, 11) is 0. The van der Waals surface area contributed by atoms with Gasteiger partial charge in [0, 0.05) is 12.0 Å². The van der Waals surface area contributed by atoms with Gasteiger partial charge in [-0.05, 0) is 25.8 Å². The first-order valence-electron chi connectivity index (χ1n) is 3.72. The average molecular weight is 127 g/mol. The second-order valence-electron chi connectivity index (χ2n) is 3.34. The third kappa shape index (κ3) is 0.634. The van der Waals surface area contributed by atoms with Crippen molar-refractivity contribution >= 4 is 0 Å². The Morgan fingerprint density at radius 3 is 2.56 bits per heavy atom. The predicted molar refractivity (Wildman–Crippen MR) is 35.2 cm³/mol. The number of aliphatic hydroxyl groups is 1. The summed E-state index contributed by atoms with van der Waals surface area (Å²) in [5, 5.41) is 12.6. The Bertz CT molecular complexity index is 118. The summed E-state index contributed by atoms with van der Waals surface area (Å²) < 4.78 is 0. The SMILES string of the molecule is OC1CCC12CCNC2. The molecule has 1 aliphatic heterocycles. The van der Waals surface area contributed by atoms with E-state index in [1.54, 1.807) is 0 Å². The fourth-order valence-electron chi connectivity index (χ4n) is 1.94. The zero-order valence-electron chi connectivity index (χ0n) is 5.56. The van der Waals surface area contributed by atoms with Gasteiger partial charge in [-0.25, -0.2) is 0 Å². The summed E-state index contributed by atoms with van der Waals surface area (Å²) in [6.07, 6.45) is 3.46. The van der Waals surface area contributed by atoms with Crippen LogP contribution in [0.2, 0.25) is 0 Å². The van der Waals surface area contributed by atoms with Crippen LogP contribution in [0.4, 0.5) is 0 Å². The molecule has 1 saturated carbocycles. The Morgan fingerprint density at radius 1 is 1.44 bits per heavy atom. The van der Waals surface area contributed by atoms with Crippen LogP contribution in [-0.4, -0.2) is 24.3 Å². The molecule has 2 N–H and O–H groups in total. The van der Waals surface area contributed by atoms with Crippen LogP contribution in [0, 0.1) is 5.41 Å². The summed E-state index contributed by atoms with van der Waals surface area (Å²) in [6.45, 7) is 2.16. The van der Waals surface area contributed by atoms with Crippen LogP contribution in [0.3, 0.4) is 0 Å². The third-order valence-corrected chi connectivity index (χ3v) is 2.90. The average Bonchev–Trinajstić information content (AvgIpc) is 2.34. The molecule has 2 fully saturated rings. The van der Waals surface area contributed by atoms with Gasteiger partial charge >= 0.3 is 0 Å². The van der Waals surface area contributed by atoms with Crippen molar-refractivity contribution in [3.05, 3.63) is 0 Å². The second-order valence-corrected chi connectivity index (χ2v) is 3.34. The highest BCUT2D eigenvalue weighted by Gasteiger charge is 2.47. The van der Waals surface area contributed by atoms with Crippen LogP contribution < -0.4 is 5.32 Å². The normalized spacial score (nSPS) is 49.7. The first kappa shape index (κ1) is 5.69. The van der Waals surface area contributed by atoms with E-state index in [0.717, 1.165) is 19.5 Å². The maximum absolute atomic E-state index is 9.36. The van der Waals surface area contributed by atoms with Gasteiger partial charge in [-0.15, -0.1) is 0 Å². The molecule has 0 aromatic carbocycles. The third-order valence-electron chi connectivity index (χ3n) is 2.90. The molecule has 2 heteroatoms. The van der Waals surface area contributed by atoms with Crippen molar-refractivity contribution in [2.75, 3.05) is 13.1 Å². The number of aliphatic hydroxyl groups excluding tert-OH is 1. The minimum atomic E-state index is 0.00694. The summed E-state index contributed by atoms with van der Waals surface area (Å²) in [5.41, 5.74) is 0.319. The monoisotopic (exact) mass is 127 g/mol. The minimum Gasteiger partial charge on any atom is -0.392 e. The highest BCUT2D eigenvalue weighted by molar-refractivity contribution is 5.00. The first-order valence-corrected chi connectivity index (χ1v) is 3.72. The van der Waals surface area contributed by atoms with Crippen LogP contribution in [0.25, 0.3) is 0 Å². The lowest BCUT2D eigenvalue weighted by molar-refractivity contribution is -0.0502. The molecule has 9 heavy (non-hydrogen) atoms. The molecule has 2 rings (SSSR count). The van der Waals surface area contributed by atoms with Crippen molar-refractivity contribution in [2.24, 2.45) is 5.41 Å². The van der Waals surface area contributed by atoms with Crippen LogP contribution in [0.5, 0.6) is 0 Å². The van der Waals surface area contributed by atoms with Gasteiger partial charge in [0.25, 0.3) is 0 Å². The van der Waals surface area contributed by atoms with Crippen molar-refractivity contribution in [3.63, 3.8) is 0 Å². The smallest absolute Gasteiger partial charge is 0.0609 e. The number of hydrogen-bond donors (Lipinski definition) is 2. The maximum atomic E-state index is 9.36. The van der Waals surface area contributed by atoms with Crippen molar-refractivity contribution in [3.8, 4) is 0 Å². The molecule has 0 radical (unpaired) electrons. The maximum Gasteiger partial charge on any atom is 0.0609 e. The van der Waals surface area contributed by atoms with Crippen molar-refractivity contribution in [2.45, 2.75) is 25.4 Å². The molecule has 1 spiro atoms. The number of hydrogen-bond acceptors (Lipinski definition) is 2. The quantitative estimate of drug-likeness (QED) is 0.484. The molecule has 0 bridgehead atoms. The van der Waals surface area contributed by atoms with Crippen molar-refractivity contribution in [1.29, 1.82) is 0 Å². The number of rotatable bonds is 0. The number of nitrogens with one attached hydrogen (secondary N) is 1. The first-order chi connectivity index (χ1) is 4.33. The van der Waals surface area contributed by atoms with E-state index in [-0.39, 0.29) is 6.10 Å². The van der Waals surface area contributed by atoms with E-state index in [1.807, 2.05) is 0 Å². The molecular formula is C7H13NO. The topological polar surface area (TPSA) is 32.3 Å². The van der Waals surface area contributed by atoms with E-state index in [1.165, 1.54) is 12.8 Å². The fourth-order valence-corrected chi connectivity index (χ4v) is 1.94. The standard InChI is InChI=1S/C7H13NO/c9-6-1-2-7(6)3-4-8-5-7/h6,8-9H,1-5H2. The van der Waals surface area contributed by atoms with Gasteiger partial charge < -0.3 is 10.4 Å². The zero-order valence-corrected chi connectivity index (χ0v) is 5.56. The lowest BCUT2D eigenvalue weighted by Crippen LogP contribution is -2.46. The molecule has 2 aliphatic rings. The van der Waals surface area contributed by atoms with Crippen molar-refractivity contribution < 1.29 is 5.11 Å². The van der Waals surface area contributed by atoms with E-state index in [0.29, 0.717) is 5.41 Å². The molecule has 2 unspecified atom stereocenters. The predicted octanol–water partition coefficient (Wildman–Crippen LogP) is 0.121. The van der Waals surface area contributed by atoms with E-state index >= 15 is 0 Å². The molecule has 2 atom stereocenters. The molecule has 0 aromatic heterocycles. The van der Waals surface area contributed by atoms with Gasteiger partial charge in [0.15, 0.2) is 0 Å². The van der Waals surface area contributed by atoms with Crippen LogP contribution in [-0.2, 0) is 0 Å². The molecule has 1 heterocycles. The summed E-state index contributed by atoms with van der Waals surface area (Å²) in [4.78, 5) is 0. The Hall–Kier alpha value is -0.0800. The van der Waals surface area contributed by atoms with E-state index in [9.17, 15) is 5.11 Å². The highest BCUT2D eigenvalue weighted by Crippen LogP contribution is 2.45. The second kappa shape index (κ2) is 1.70. The summed E-state index contributed by atoms with van der Waals surface area (Å²) in [6, 6.07) is 0. The Kier molecular flexibility index (Phi) is 1.08. The van der Waals surface area contributed by atoms with Crippen LogP contribution in [0.15, 0.2) is 0 Å². The lowest BCUT2D eigenvalue weighted by atomic mass is 9.66. The van der Waals surface area contributed by atoms with Crippen LogP contribution in [0.1, 0.15) is 19.3 Å². The minimum absolute atomic E-state index is 0.00694. The molecule has 52 valence electrons. The highest BCUT2D eigenvalue weighted by atomic mass is 16.3. The van der Waals surface area contributed by atoms with E-state index in [4.69, 9.17) is 0 Å². The summed E-state index contributed by atoms with van der Waals surface area (Å²) >= 11 is 0. The molecule has 2 nitrogen and oxygen atoms in total. The molecule has 1 saturated heterocycles. The van der Waals surface area contributed by atoms with Crippen LogP contribution >= 0.6 is 0 Å². The molecule has 1 aliphatic carbocycles. The lowest BCUT2D eigenvalue weighted by Gasteiger charge is -2.43. The largest absolute Gasteiger partial charge is 0.392 e. The van der Waals surface area contributed by atoms with E-state index in [2.05, 4.69) is 5.32 Å². The molecule has 0 amide bonds. The van der Waals surface area contributed by atoms with E-state index < -0.39 is 0 Å². The zero-order chi connectivity index (χ0) is 6.32. The van der Waals surface area contributed by atoms with Gasteiger partial charge in [-0.3, -0.25) is 0 Å². The Balaban J connectivity index is 2.06.